The fraction of sp³-hybridized carbons (Fsp3) is 0.417. The second-order valence-electron chi connectivity index (χ2n) is 4.06. The van der Waals surface area contributed by atoms with Crippen LogP contribution in [0.2, 0.25) is 0 Å². The van der Waals surface area contributed by atoms with E-state index in [0.717, 1.165) is 0 Å². The van der Waals surface area contributed by atoms with Crippen molar-refractivity contribution >= 4 is 17.3 Å². The van der Waals surface area contributed by atoms with Gasteiger partial charge >= 0.3 is 0 Å². The third-order valence-electron chi connectivity index (χ3n) is 2.29. The third-order valence-corrected chi connectivity index (χ3v) is 2.29. The Bertz CT molecular complexity index is 391. The van der Waals surface area contributed by atoms with E-state index in [2.05, 4.69) is 5.32 Å². The molecule has 0 unspecified atom stereocenters. The molecule has 5 nitrogen and oxygen atoms in total. The molecular weight excluding hydrogens is 218 g/mol. The summed E-state index contributed by atoms with van der Waals surface area (Å²) in [5, 5.41) is 2.80. The molecule has 1 rings (SSSR count). The molecule has 0 aliphatic heterocycles. The van der Waals surface area contributed by atoms with E-state index in [4.69, 9.17) is 10.5 Å². The number of nitrogens with zero attached hydrogens (tertiary/aromatic N) is 1. The van der Waals surface area contributed by atoms with Gasteiger partial charge in [-0.15, -0.1) is 0 Å². The van der Waals surface area contributed by atoms with E-state index in [0.29, 0.717) is 30.1 Å². The zero-order valence-electron chi connectivity index (χ0n) is 10.5. The van der Waals surface area contributed by atoms with Gasteiger partial charge in [-0.05, 0) is 26.2 Å². The molecule has 94 valence electrons. The monoisotopic (exact) mass is 237 g/mol. The molecule has 0 aromatic heterocycles. The summed E-state index contributed by atoms with van der Waals surface area (Å²) in [5.41, 5.74) is 6.88. The number of hydrogen-bond donors (Lipinski definition) is 2. The number of methoxy groups -OCH3 is 1. The van der Waals surface area contributed by atoms with Crippen LogP contribution in [0.5, 0.6) is 5.75 Å². The van der Waals surface area contributed by atoms with Gasteiger partial charge in [-0.3, -0.25) is 4.79 Å². The van der Waals surface area contributed by atoms with Crippen molar-refractivity contribution in [1.29, 1.82) is 0 Å². The summed E-state index contributed by atoms with van der Waals surface area (Å²) in [5.74, 6) is 0.532. The third kappa shape index (κ3) is 4.32. The number of nitrogen functional groups attached to an aromatic ring is 1. The number of amides is 1. The topological polar surface area (TPSA) is 67.6 Å². The van der Waals surface area contributed by atoms with Crippen molar-refractivity contribution in [3.8, 4) is 5.75 Å². The number of benzene rings is 1. The van der Waals surface area contributed by atoms with Crippen molar-refractivity contribution in [2.75, 3.05) is 38.8 Å². The molecule has 0 saturated carbocycles. The van der Waals surface area contributed by atoms with E-state index < -0.39 is 0 Å². The van der Waals surface area contributed by atoms with Crippen LogP contribution in [0.3, 0.4) is 0 Å². The number of carbonyl (C=O) groups is 1. The zero-order valence-corrected chi connectivity index (χ0v) is 10.5. The maximum atomic E-state index is 11.6. The number of rotatable bonds is 5. The summed E-state index contributed by atoms with van der Waals surface area (Å²) in [6.07, 6.45) is 0.445. The highest BCUT2D eigenvalue weighted by atomic mass is 16.5. The van der Waals surface area contributed by atoms with E-state index >= 15 is 0 Å². The second-order valence-corrected chi connectivity index (χ2v) is 4.06. The molecule has 1 aromatic carbocycles. The first kappa shape index (κ1) is 13.3. The van der Waals surface area contributed by atoms with Gasteiger partial charge in [-0.2, -0.15) is 0 Å². The Morgan fingerprint density at radius 2 is 2.18 bits per heavy atom. The van der Waals surface area contributed by atoms with E-state index in [1.165, 1.54) is 0 Å². The van der Waals surface area contributed by atoms with Gasteiger partial charge in [0.15, 0.2) is 0 Å². The largest absolute Gasteiger partial charge is 0.494 e. The Labute approximate surface area is 102 Å². The van der Waals surface area contributed by atoms with Crippen molar-refractivity contribution in [3.63, 3.8) is 0 Å². The first-order chi connectivity index (χ1) is 8.02. The molecule has 0 fully saturated rings. The fourth-order valence-electron chi connectivity index (χ4n) is 1.35. The van der Waals surface area contributed by atoms with E-state index in [1.807, 2.05) is 19.0 Å². The highest BCUT2D eigenvalue weighted by molar-refractivity contribution is 5.92. The summed E-state index contributed by atoms with van der Waals surface area (Å²) in [7, 11) is 5.40. The summed E-state index contributed by atoms with van der Waals surface area (Å²) in [4.78, 5) is 13.6. The van der Waals surface area contributed by atoms with Crippen LogP contribution in [0.25, 0.3) is 0 Å². The van der Waals surface area contributed by atoms with Crippen molar-refractivity contribution in [3.05, 3.63) is 18.2 Å². The Morgan fingerprint density at radius 1 is 1.47 bits per heavy atom. The number of ether oxygens (including phenoxy) is 1. The van der Waals surface area contributed by atoms with Crippen LogP contribution in [-0.2, 0) is 4.79 Å². The zero-order chi connectivity index (χ0) is 12.8. The van der Waals surface area contributed by atoms with E-state index in [1.54, 1.807) is 25.3 Å². The van der Waals surface area contributed by atoms with Crippen molar-refractivity contribution in [2.24, 2.45) is 0 Å². The van der Waals surface area contributed by atoms with E-state index in [9.17, 15) is 4.79 Å². The van der Waals surface area contributed by atoms with Crippen LogP contribution in [0.1, 0.15) is 6.42 Å². The molecule has 1 amide bonds. The predicted octanol–water partition coefficient (Wildman–Crippen LogP) is 1.17. The van der Waals surface area contributed by atoms with Gasteiger partial charge in [0.05, 0.1) is 12.8 Å². The number of carbonyl (C=O) groups excluding carboxylic acids is 1. The first-order valence-electron chi connectivity index (χ1n) is 5.41. The van der Waals surface area contributed by atoms with Crippen molar-refractivity contribution in [2.45, 2.75) is 6.42 Å². The maximum Gasteiger partial charge on any atom is 0.225 e. The number of hydrogen-bond acceptors (Lipinski definition) is 4. The molecule has 1 aromatic rings. The molecule has 3 N–H and O–H groups in total. The van der Waals surface area contributed by atoms with Crippen LogP contribution in [0, 0.1) is 0 Å². The molecule has 0 heterocycles. The predicted molar refractivity (Wildman–Crippen MR) is 69.2 cm³/mol. The highest BCUT2D eigenvalue weighted by Crippen LogP contribution is 2.26. The lowest BCUT2D eigenvalue weighted by Gasteiger charge is -2.12. The minimum atomic E-state index is -0.0400. The summed E-state index contributed by atoms with van der Waals surface area (Å²) in [6.45, 7) is 0.711. The van der Waals surface area contributed by atoms with Gasteiger partial charge in [0.25, 0.3) is 0 Å². The number of anilines is 2. The average molecular weight is 237 g/mol. The van der Waals surface area contributed by atoms with Crippen LogP contribution < -0.4 is 15.8 Å². The number of nitrogens with two attached hydrogens (primary N) is 1. The van der Waals surface area contributed by atoms with Gasteiger partial charge in [0, 0.05) is 24.7 Å². The second kappa shape index (κ2) is 6.10. The fourth-order valence-corrected chi connectivity index (χ4v) is 1.35. The molecule has 0 aliphatic carbocycles. The Hall–Kier alpha value is -1.75. The van der Waals surface area contributed by atoms with Gasteiger partial charge in [0.2, 0.25) is 5.91 Å². The molecule has 5 heteroatoms. The van der Waals surface area contributed by atoms with Crippen LogP contribution >= 0.6 is 0 Å². The van der Waals surface area contributed by atoms with Crippen LogP contribution in [0.15, 0.2) is 18.2 Å². The normalized spacial score (nSPS) is 10.4. The lowest BCUT2D eigenvalue weighted by atomic mass is 10.2. The molecule has 0 atom stereocenters. The van der Waals surface area contributed by atoms with Gasteiger partial charge < -0.3 is 20.7 Å². The van der Waals surface area contributed by atoms with Gasteiger partial charge in [0.1, 0.15) is 5.75 Å². The first-order valence-corrected chi connectivity index (χ1v) is 5.41. The number of nitrogens with one attached hydrogen (secondary N) is 1. The van der Waals surface area contributed by atoms with Gasteiger partial charge in [-0.1, -0.05) is 0 Å². The molecular formula is C12H19N3O2. The standard InChI is InChI=1S/C12H19N3O2/c1-15(2)7-6-12(16)14-10-5-4-9(13)8-11(10)17-3/h4-5,8H,6-7,13H2,1-3H3,(H,14,16). The lowest BCUT2D eigenvalue weighted by Crippen LogP contribution is -2.21. The summed E-state index contributed by atoms with van der Waals surface area (Å²) in [6, 6.07) is 5.15. The Morgan fingerprint density at radius 3 is 2.76 bits per heavy atom. The molecule has 0 bridgehead atoms. The minimum absolute atomic E-state index is 0.0400. The quantitative estimate of drug-likeness (QED) is 0.754. The smallest absolute Gasteiger partial charge is 0.225 e. The van der Waals surface area contributed by atoms with Crippen LogP contribution in [-0.4, -0.2) is 38.6 Å². The molecule has 0 saturated heterocycles. The summed E-state index contributed by atoms with van der Waals surface area (Å²) < 4.78 is 5.15. The maximum absolute atomic E-state index is 11.6. The van der Waals surface area contributed by atoms with Gasteiger partial charge in [-0.25, -0.2) is 0 Å². The average Bonchev–Trinajstić information content (AvgIpc) is 2.28. The lowest BCUT2D eigenvalue weighted by molar-refractivity contribution is -0.116. The Balaban J connectivity index is 2.64. The van der Waals surface area contributed by atoms with Crippen LogP contribution in [0.4, 0.5) is 11.4 Å². The summed E-state index contributed by atoms with van der Waals surface area (Å²) >= 11 is 0. The SMILES string of the molecule is COc1cc(N)ccc1NC(=O)CCN(C)C. The highest BCUT2D eigenvalue weighted by Gasteiger charge is 2.07. The molecule has 17 heavy (non-hydrogen) atoms. The van der Waals surface area contributed by atoms with E-state index in [-0.39, 0.29) is 5.91 Å². The van der Waals surface area contributed by atoms with Crippen molar-refractivity contribution < 1.29 is 9.53 Å². The molecule has 0 aliphatic rings. The molecule has 0 spiro atoms. The minimum Gasteiger partial charge on any atom is -0.494 e. The Kier molecular flexibility index (Phi) is 4.78. The van der Waals surface area contributed by atoms with Crippen molar-refractivity contribution in [1.82, 2.24) is 4.90 Å². The molecule has 0 radical (unpaired) electrons.